The van der Waals surface area contributed by atoms with Crippen LogP contribution in [0, 0.1) is 34.0 Å². The van der Waals surface area contributed by atoms with Gasteiger partial charge in [0.1, 0.15) is 6.07 Å². The summed E-state index contributed by atoms with van der Waals surface area (Å²) in [7, 11) is 0. The highest BCUT2D eigenvalue weighted by Gasteiger charge is 2.53. The lowest BCUT2D eigenvalue weighted by molar-refractivity contribution is -0.133. The normalized spacial score (nSPS) is 35.3. The number of ketones is 1. The molecule has 4 heteroatoms. The Hall–Kier alpha value is -1.63. The van der Waals surface area contributed by atoms with E-state index in [4.69, 9.17) is 0 Å². The Morgan fingerprint density at radius 1 is 1.16 bits per heavy atom. The van der Waals surface area contributed by atoms with Crippen LogP contribution in [0.2, 0.25) is 0 Å². The van der Waals surface area contributed by atoms with Gasteiger partial charge in [0.25, 0.3) is 0 Å². The zero-order chi connectivity index (χ0) is 18.2. The number of allylic oxidation sites excluding steroid dienone is 2. The standard InChI is InChI=1S/C21H30N2O2/c1-20(2)17-10-9-16(23-19(25)14-7-5-4-6-8-14)12-21(17,3)11-15(13-22)18(20)24/h11,14,16-17H,4-10,12H2,1-3H3,(H,23,25)/t16-,17-,21+/m0/s1. The molecule has 2 fully saturated rings. The van der Waals surface area contributed by atoms with Crippen LogP contribution in [-0.2, 0) is 9.59 Å². The molecule has 0 aromatic heterocycles. The zero-order valence-corrected chi connectivity index (χ0v) is 15.7. The Balaban J connectivity index is 1.75. The monoisotopic (exact) mass is 342 g/mol. The number of nitrogens with one attached hydrogen (secondary N) is 1. The minimum absolute atomic E-state index is 0.0258. The van der Waals surface area contributed by atoms with Crippen LogP contribution in [0.5, 0.6) is 0 Å². The number of carbonyl (C=O) groups excluding carboxylic acids is 2. The van der Waals surface area contributed by atoms with Gasteiger partial charge < -0.3 is 5.32 Å². The van der Waals surface area contributed by atoms with E-state index in [1.165, 1.54) is 6.42 Å². The second-order valence-electron chi connectivity index (χ2n) is 9.10. The maximum atomic E-state index is 12.6. The Bertz CT molecular complexity index is 637. The Morgan fingerprint density at radius 3 is 2.48 bits per heavy atom. The summed E-state index contributed by atoms with van der Waals surface area (Å²) in [5.41, 5.74) is -0.416. The van der Waals surface area contributed by atoms with Gasteiger partial charge in [-0.3, -0.25) is 9.59 Å². The van der Waals surface area contributed by atoms with E-state index in [0.717, 1.165) is 44.9 Å². The third-order valence-electron chi connectivity index (χ3n) is 6.90. The van der Waals surface area contributed by atoms with Crippen molar-refractivity contribution in [2.24, 2.45) is 22.7 Å². The number of nitrogens with zero attached hydrogens (tertiary/aromatic N) is 1. The van der Waals surface area contributed by atoms with Gasteiger partial charge in [-0.2, -0.15) is 5.26 Å². The number of fused-ring (bicyclic) bond motifs is 1. The third kappa shape index (κ3) is 3.26. The van der Waals surface area contributed by atoms with Gasteiger partial charge in [-0.15, -0.1) is 0 Å². The second-order valence-corrected chi connectivity index (χ2v) is 9.10. The summed E-state index contributed by atoms with van der Waals surface area (Å²) in [4.78, 5) is 25.2. The molecule has 0 unspecified atom stereocenters. The molecule has 3 aliphatic rings. The van der Waals surface area contributed by atoms with E-state index < -0.39 is 5.41 Å². The molecule has 0 saturated heterocycles. The van der Waals surface area contributed by atoms with Crippen molar-refractivity contribution in [3.8, 4) is 6.07 Å². The minimum atomic E-state index is -0.507. The lowest BCUT2D eigenvalue weighted by Gasteiger charge is -2.52. The summed E-state index contributed by atoms with van der Waals surface area (Å²) in [5.74, 6) is 0.589. The molecule has 0 aliphatic heterocycles. The number of hydrogen-bond acceptors (Lipinski definition) is 3. The molecule has 0 aromatic rings. The van der Waals surface area contributed by atoms with Gasteiger partial charge in [-0.25, -0.2) is 0 Å². The molecule has 0 radical (unpaired) electrons. The first kappa shape index (κ1) is 18.2. The predicted molar refractivity (Wildman–Crippen MR) is 96.4 cm³/mol. The van der Waals surface area contributed by atoms with Crippen molar-refractivity contribution >= 4 is 11.7 Å². The first-order valence-corrected chi connectivity index (χ1v) is 9.76. The van der Waals surface area contributed by atoms with Crippen molar-refractivity contribution in [3.63, 3.8) is 0 Å². The van der Waals surface area contributed by atoms with Crippen molar-refractivity contribution in [1.82, 2.24) is 5.32 Å². The van der Waals surface area contributed by atoms with Crippen LogP contribution in [0.25, 0.3) is 0 Å². The van der Waals surface area contributed by atoms with Crippen molar-refractivity contribution in [1.29, 1.82) is 5.26 Å². The Kier molecular flexibility index (Phi) is 4.79. The molecule has 0 spiro atoms. The molecule has 1 amide bonds. The van der Waals surface area contributed by atoms with Crippen LogP contribution in [0.3, 0.4) is 0 Å². The van der Waals surface area contributed by atoms with Gasteiger partial charge in [0, 0.05) is 17.4 Å². The van der Waals surface area contributed by atoms with E-state index in [9.17, 15) is 14.9 Å². The van der Waals surface area contributed by atoms with Crippen LogP contribution in [0.1, 0.15) is 72.1 Å². The van der Waals surface area contributed by atoms with Crippen LogP contribution >= 0.6 is 0 Å². The average Bonchev–Trinajstić information content (AvgIpc) is 2.58. The molecule has 2 saturated carbocycles. The largest absolute Gasteiger partial charge is 0.353 e. The fourth-order valence-electron chi connectivity index (χ4n) is 5.61. The summed E-state index contributed by atoms with van der Waals surface area (Å²) in [5, 5.41) is 12.7. The van der Waals surface area contributed by atoms with Gasteiger partial charge >= 0.3 is 0 Å². The van der Waals surface area contributed by atoms with Crippen molar-refractivity contribution in [3.05, 3.63) is 11.6 Å². The summed E-state index contributed by atoms with van der Waals surface area (Å²) >= 11 is 0. The number of Topliss-reactive ketones (excluding diaryl/α,β-unsaturated/α-hetero) is 1. The van der Waals surface area contributed by atoms with Crippen molar-refractivity contribution in [2.45, 2.75) is 78.2 Å². The van der Waals surface area contributed by atoms with E-state index in [0.29, 0.717) is 5.57 Å². The molecule has 4 nitrogen and oxygen atoms in total. The molecule has 3 rings (SSSR count). The summed E-state index contributed by atoms with van der Waals surface area (Å²) in [6, 6.07) is 2.25. The highest BCUT2D eigenvalue weighted by molar-refractivity contribution is 6.04. The van der Waals surface area contributed by atoms with Crippen LogP contribution < -0.4 is 5.32 Å². The SMILES string of the molecule is CC1(C)C(=O)C(C#N)=C[C@]2(C)C[C@@H](NC(=O)C3CCCCC3)CC[C@@H]12. The molecular weight excluding hydrogens is 312 g/mol. The molecule has 0 aromatic carbocycles. The average molecular weight is 342 g/mol. The summed E-state index contributed by atoms with van der Waals surface area (Å²) in [6.07, 6.45) is 10.1. The third-order valence-corrected chi connectivity index (χ3v) is 6.90. The van der Waals surface area contributed by atoms with E-state index in [1.54, 1.807) is 0 Å². The van der Waals surface area contributed by atoms with Crippen LogP contribution in [0.4, 0.5) is 0 Å². The number of amides is 1. The van der Waals surface area contributed by atoms with E-state index in [2.05, 4.69) is 18.3 Å². The maximum absolute atomic E-state index is 12.6. The van der Waals surface area contributed by atoms with Gasteiger partial charge in [0.05, 0.1) is 5.57 Å². The van der Waals surface area contributed by atoms with Gasteiger partial charge in [-0.1, -0.05) is 46.1 Å². The smallest absolute Gasteiger partial charge is 0.223 e. The van der Waals surface area contributed by atoms with Crippen LogP contribution in [-0.4, -0.2) is 17.7 Å². The number of carbonyl (C=O) groups is 2. The Labute approximate surface area is 151 Å². The highest BCUT2D eigenvalue weighted by atomic mass is 16.2. The second kappa shape index (κ2) is 6.59. The summed E-state index contributed by atoms with van der Waals surface area (Å²) < 4.78 is 0. The predicted octanol–water partition coefficient (Wildman–Crippen LogP) is 3.92. The fraction of sp³-hybridized carbons (Fsp3) is 0.762. The van der Waals surface area contributed by atoms with Gasteiger partial charge in [-0.05, 0) is 43.4 Å². The first-order valence-electron chi connectivity index (χ1n) is 9.76. The summed E-state index contributed by atoms with van der Waals surface area (Å²) in [6.45, 7) is 6.11. The van der Waals surface area contributed by atoms with E-state index >= 15 is 0 Å². The van der Waals surface area contributed by atoms with Crippen LogP contribution in [0.15, 0.2) is 11.6 Å². The maximum Gasteiger partial charge on any atom is 0.223 e. The van der Waals surface area contributed by atoms with Gasteiger partial charge in [0.2, 0.25) is 5.91 Å². The number of nitriles is 1. The Morgan fingerprint density at radius 2 is 1.84 bits per heavy atom. The molecule has 0 bridgehead atoms. The number of hydrogen-bond donors (Lipinski definition) is 1. The fourth-order valence-corrected chi connectivity index (χ4v) is 5.61. The lowest BCUT2D eigenvalue weighted by Crippen LogP contribution is -2.53. The molecular formula is C21H30N2O2. The van der Waals surface area contributed by atoms with Crippen molar-refractivity contribution in [2.75, 3.05) is 0 Å². The first-order chi connectivity index (χ1) is 11.8. The molecule has 1 N–H and O–H groups in total. The minimum Gasteiger partial charge on any atom is -0.353 e. The molecule has 3 atom stereocenters. The quantitative estimate of drug-likeness (QED) is 0.827. The molecule has 3 aliphatic carbocycles. The topological polar surface area (TPSA) is 70.0 Å². The van der Waals surface area contributed by atoms with Crippen molar-refractivity contribution < 1.29 is 9.59 Å². The molecule has 136 valence electrons. The van der Waals surface area contributed by atoms with E-state index in [1.807, 2.05) is 19.9 Å². The van der Waals surface area contributed by atoms with E-state index in [-0.39, 0.29) is 35.0 Å². The number of rotatable bonds is 2. The zero-order valence-electron chi connectivity index (χ0n) is 15.7. The van der Waals surface area contributed by atoms with Gasteiger partial charge in [0.15, 0.2) is 5.78 Å². The molecule has 25 heavy (non-hydrogen) atoms. The molecule has 0 heterocycles. The lowest BCUT2D eigenvalue weighted by atomic mass is 9.52. The highest BCUT2D eigenvalue weighted by Crippen LogP contribution is 2.55.